The Bertz CT molecular complexity index is 530. The first-order valence-electron chi connectivity index (χ1n) is 4.35. The first kappa shape index (κ1) is 9.39. The van der Waals surface area contributed by atoms with Crippen LogP contribution in [0.5, 0.6) is 0 Å². The van der Waals surface area contributed by atoms with Crippen molar-refractivity contribution in [2.24, 2.45) is 0 Å². The summed E-state index contributed by atoms with van der Waals surface area (Å²) in [4.78, 5) is 22.0. The van der Waals surface area contributed by atoms with Crippen LogP contribution in [0.15, 0.2) is 24.4 Å². The number of carbonyl (C=O) groups is 2. The second-order valence-electron chi connectivity index (χ2n) is 3.13. The van der Waals surface area contributed by atoms with Gasteiger partial charge >= 0.3 is 5.97 Å². The van der Waals surface area contributed by atoms with Crippen LogP contribution < -0.4 is 0 Å². The van der Waals surface area contributed by atoms with E-state index in [9.17, 15) is 9.59 Å². The van der Waals surface area contributed by atoms with E-state index in [0.717, 1.165) is 5.52 Å². The molecule has 2 N–H and O–H groups in total. The molecule has 0 bridgehead atoms. The topological polar surface area (TPSA) is 83.0 Å². The van der Waals surface area contributed by atoms with Crippen LogP contribution in [-0.2, 0) is 4.79 Å². The van der Waals surface area contributed by atoms with Gasteiger partial charge in [-0.3, -0.25) is 14.7 Å². The Morgan fingerprint density at radius 1 is 1.40 bits per heavy atom. The number of carboxylic acid groups (broad SMARTS) is 1. The van der Waals surface area contributed by atoms with Gasteiger partial charge in [0.2, 0.25) is 0 Å². The maximum Gasteiger partial charge on any atom is 0.311 e. The molecule has 2 rings (SSSR count). The molecule has 0 atom stereocenters. The third kappa shape index (κ3) is 1.71. The molecule has 0 radical (unpaired) electrons. The van der Waals surface area contributed by atoms with Crippen LogP contribution in [0.1, 0.15) is 16.8 Å². The second kappa shape index (κ2) is 3.53. The van der Waals surface area contributed by atoms with Gasteiger partial charge in [0.05, 0.1) is 11.7 Å². The molecular formula is C10H8N2O3. The van der Waals surface area contributed by atoms with Crippen molar-refractivity contribution in [1.82, 2.24) is 10.2 Å². The number of aromatic amines is 1. The Balaban J connectivity index is 2.47. The van der Waals surface area contributed by atoms with Gasteiger partial charge in [-0.1, -0.05) is 12.1 Å². The lowest BCUT2D eigenvalue weighted by Crippen LogP contribution is -2.07. The van der Waals surface area contributed by atoms with Gasteiger partial charge in [0.1, 0.15) is 6.42 Å². The minimum absolute atomic E-state index is 0.392. The fourth-order valence-electron chi connectivity index (χ4n) is 1.44. The average molecular weight is 204 g/mol. The van der Waals surface area contributed by atoms with E-state index in [1.165, 1.54) is 6.20 Å². The highest BCUT2D eigenvalue weighted by Crippen LogP contribution is 2.17. The van der Waals surface area contributed by atoms with Crippen molar-refractivity contribution in [2.45, 2.75) is 6.42 Å². The number of rotatable bonds is 3. The number of fused-ring (bicyclic) bond motifs is 1. The van der Waals surface area contributed by atoms with Gasteiger partial charge in [-0.2, -0.15) is 5.10 Å². The van der Waals surface area contributed by atoms with Gasteiger partial charge < -0.3 is 5.11 Å². The van der Waals surface area contributed by atoms with Crippen LogP contribution in [0, 0.1) is 0 Å². The quantitative estimate of drug-likeness (QED) is 0.581. The highest BCUT2D eigenvalue weighted by atomic mass is 16.4. The van der Waals surface area contributed by atoms with Crippen LogP contribution in [0.4, 0.5) is 0 Å². The number of hydrogen-bond donors (Lipinski definition) is 2. The van der Waals surface area contributed by atoms with E-state index >= 15 is 0 Å². The van der Waals surface area contributed by atoms with Gasteiger partial charge in [0.15, 0.2) is 5.78 Å². The van der Waals surface area contributed by atoms with Gasteiger partial charge in [0, 0.05) is 10.9 Å². The van der Waals surface area contributed by atoms with Gasteiger partial charge in [0.25, 0.3) is 0 Å². The van der Waals surface area contributed by atoms with E-state index in [4.69, 9.17) is 5.11 Å². The summed E-state index contributed by atoms with van der Waals surface area (Å²) in [5, 5.41) is 15.7. The Morgan fingerprint density at radius 3 is 2.93 bits per heavy atom. The zero-order valence-electron chi connectivity index (χ0n) is 7.73. The number of ketones is 1. The maximum atomic E-state index is 11.5. The highest BCUT2D eigenvalue weighted by Gasteiger charge is 2.13. The number of carbonyl (C=O) groups excluding carboxylic acids is 1. The Labute approximate surface area is 84.7 Å². The summed E-state index contributed by atoms with van der Waals surface area (Å²) in [6.45, 7) is 0. The molecule has 0 unspecified atom stereocenters. The molecule has 0 aliphatic rings. The first-order chi connectivity index (χ1) is 7.18. The third-order valence-electron chi connectivity index (χ3n) is 2.10. The summed E-state index contributed by atoms with van der Waals surface area (Å²) in [5.74, 6) is -1.53. The molecule has 76 valence electrons. The lowest BCUT2D eigenvalue weighted by molar-refractivity contribution is -0.135. The number of carboxylic acids is 1. The summed E-state index contributed by atoms with van der Waals surface area (Å²) < 4.78 is 0. The van der Waals surface area contributed by atoms with Crippen LogP contribution in [0.2, 0.25) is 0 Å². The van der Waals surface area contributed by atoms with E-state index < -0.39 is 18.2 Å². The zero-order valence-corrected chi connectivity index (χ0v) is 7.73. The third-order valence-corrected chi connectivity index (χ3v) is 2.10. The monoisotopic (exact) mass is 204 g/mol. The number of hydrogen-bond acceptors (Lipinski definition) is 3. The summed E-state index contributed by atoms with van der Waals surface area (Å²) in [6.07, 6.45) is 1.02. The van der Waals surface area contributed by atoms with Crippen molar-refractivity contribution in [3.8, 4) is 0 Å². The molecule has 1 aromatic carbocycles. The molecule has 1 heterocycles. The van der Waals surface area contributed by atoms with Crippen molar-refractivity contribution < 1.29 is 14.7 Å². The number of nitrogens with zero attached hydrogens (tertiary/aromatic N) is 1. The average Bonchev–Trinajstić information content (AvgIpc) is 2.63. The number of nitrogens with one attached hydrogen (secondary N) is 1. The van der Waals surface area contributed by atoms with Crippen LogP contribution in [-0.4, -0.2) is 27.1 Å². The number of aromatic nitrogens is 2. The predicted molar refractivity (Wildman–Crippen MR) is 52.7 cm³/mol. The molecule has 5 nitrogen and oxygen atoms in total. The molecule has 0 amide bonds. The Morgan fingerprint density at radius 2 is 2.20 bits per heavy atom. The van der Waals surface area contributed by atoms with E-state index in [1.807, 2.05) is 0 Å². The molecule has 0 saturated heterocycles. The van der Waals surface area contributed by atoms with Crippen molar-refractivity contribution in [3.05, 3.63) is 30.0 Å². The Hall–Kier alpha value is -2.17. The molecule has 0 spiro atoms. The molecule has 0 aliphatic heterocycles. The molecule has 15 heavy (non-hydrogen) atoms. The molecular weight excluding hydrogens is 196 g/mol. The molecule has 1 aromatic heterocycles. The normalized spacial score (nSPS) is 10.4. The highest BCUT2D eigenvalue weighted by molar-refractivity contribution is 6.12. The zero-order chi connectivity index (χ0) is 10.8. The van der Waals surface area contributed by atoms with Crippen molar-refractivity contribution in [1.29, 1.82) is 0 Å². The van der Waals surface area contributed by atoms with Crippen molar-refractivity contribution in [3.63, 3.8) is 0 Å². The standard InChI is InChI=1S/C10H8N2O3/c13-9(4-10(14)15)6-2-1-3-8-7(6)5-11-12-8/h1-3,5H,4H2,(H,11,12)(H,14,15). The van der Waals surface area contributed by atoms with Gasteiger partial charge in [-0.15, -0.1) is 0 Å². The van der Waals surface area contributed by atoms with Crippen molar-refractivity contribution in [2.75, 3.05) is 0 Å². The molecule has 0 fully saturated rings. The molecule has 2 aromatic rings. The van der Waals surface area contributed by atoms with Gasteiger partial charge in [-0.05, 0) is 6.07 Å². The summed E-state index contributed by atoms with van der Waals surface area (Å²) in [7, 11) is 0. The smallest absolute Gasteiger partial charge is 0.311 e. The lowest BCUT2D eigenvalue weighted by atomic mass is 10.0. The van der Waals surface area contributed by atoms with Crippen molar-refractivity contribution >= 4 is 22.7 Å². The molecule has 5 heteroatoms. The molecule has 0 saturated carbocycles. The number of aliphatic carboxylic acids is 1. The minimum atomic E-state index is -1.12. The van der Waals surface area contributed by atoms with Gasteiger partial charge in [-0.25, -0.2) is 0 Å². The fraction of sp³-hybridized carbons (Fsp3) is 0.100. The summed E-state index contributed by atoms with van der Waals surface area (Å²) in [6, 6.07) is 5.07. The summed E-state index contributed by atoms with van der Waals surface area (Å²) in [5.41, 5.74) is 1.12. The minimum Gasteiger partial charge on any atom is -0.481 e. The fourth-order valence-corrected chi connectivity index (χ4v) is 1.44. The maximum absolute atomic E-state index is 11.5. The van der Waals surface area contributed by atoms with Crippen LogP contribution in [0.3, 0.4) is 0 Å². The van der Waals surface area contributed by atoms with Crippen LogP contribution in [0.25, 0.3) is 10.9 Å². The largest absolute Gasteiger partial charge is 0.481 e. The van der Waals surface area contributed by atoms with E-state index in [-0.39, 0.29) is 0 Å². The molecule has 0 aliphatic carbocycles. The second-order valence-corrected chi connectivity index (χ2v) is 3.13. The Kier molecular flexibility index (Phi) is 2.21. The number of Topliss-reactive ketones (excluding diaryl/α,β-unsaturated/α-hetero) is 1. The number of benzene rings is 1. The summed E-state index contributed by atoms with van der Waals surface area (Å²) >= 11 is 0. The van der Waals surface area contributed by atoms with Crippen LogP contribution >= 0.6 is 0 Å². The lowest BCUT2D eigenvalue weighted by Gasteiger charge is -1.98. The number of H-pyrrole nitrogens is 1. The van der Waals surface area contributed by atoms with E-state index in [2.05, 4.69) is 10.2 Å². The predicted octanol–water partition coefficient (Wildman–Crippen LogP) is 1.22. The van der Waals surface area contributed by atoms with E-state index in [1.54, 1.807) is 18.2 Å². The first-order valence-corrected chi connectivity index (χ1v) is 4.35. The van der Waals surface area contributed by atoms with E-state index in [0.29, 0.717) is 10.9 Å². The SMILES string of the molecule is O=C(O)CC(=O)c1cccc2[nH]ncc12.